The second-order valence-electron chi connectivity index (χ2n) is 3.82. The average Bonchev–Trinajstić information content (AvgIpc) is 2.29. The Hall–Kier alpha value is -1.11. The highest BCUT2D eigenvalue weighted by atomic mass is 79.9. The molecule has 6 heteroatoms. The number of methoxy groups -OCH3 is 1. The highest BCUT2D eigenvalue weighted by Crippen LogP contribution is 2.21. The Morgan fingerprint density at radius 3 is 2.89 bits per heavy atom. The Kier molecular flexibility index (Phi) is 6.11. The molecule has 5 nitrogen and oxygen atoms in total. The van der Waals surface area contributed by atoms with Gasteiger partial charge in [-0.15, -0.1) is 0 Å². The van der Waals surface area contributed by atoms with Gasteiger partial charge in [0.15, 0.2) is 0 Å². The molecule has 1 aromatic rings. The van der Waals surface area contributed by atoms with E-state index < -0.39 is 12.1 Å². The van der Waals surface area contributed by atoms with Gasteiger partial charge >= 0.3 is 5.97 Å². The van der Waals surface area contributed by atoms with Crippen LogP contribution in [0, 0.1) is 0 Å². The van der Waals surface area contributed by atoms with Crippen molar-refractivity contribution >= 4 is 27.6 Å². The molecule has 0 saturated carbocycles. The van der Waals surface area contributed by atoms with Gasteiger partial charge in [0.1, 0.15) is 0 Å². The molecule has 0 heterocycles. The summed E-state index contributed by atoms with van der Waals surface area (Å²) in [6.07, 6.45) is -0.0673. The fourth-order valence-corrected chi connectivity index (χ4v) is 1.86. The van der Waals surface area contributed by atoms with Crippen molar-refractivity contribution in [2.75, 3.05) is 25.6 Å². The van der Waals surface area contributed by atoms with Crippen LogP contribution in [0.15, 0.2) is 22.7 Å². The van der Waals surface area contributed by atoms with Gasteiger partial charge in [-0.2, -0.15) is 0 Å². The monoisotopic (exact) mass is 317 g/mol. The zero-order valence-corrected chi connectivity index (χ0v) is 11.6. The molecule has 100 valence electrons. The summed E-state index contributed by atoms with van der Waals surface area (Å²) < 4.78 is 5.61. The van der Waals surface area contributed by atoms with Crippen molar-refractivity contribution in [3.63, 3.8) is 0 Å². The largest absolute Gasteiger partial charge is 0.478 e. The Labute approximate surface area is 114 Å². The molecule has 0 aliphatic heterocycles. The van der Waals surface area contributed by atoms with Crippen molar-refractivity contribution in [2.24, 2.45) is 0 Å². The van der Waals surface area contributed by atoms with Crippen LogP contribution in [0.1, 0.15) is 16.8 Å². The first kappa shape index (κ1) is 14.9. The van der Waals surface area contributed by atoms with Crippen LogP contribution in [-0.4, -0.2) is 42.5 Å². The van der Waals surface area contributed by atoms with Crippen molar-refractivity contribution in [1.82, 2.24) is 0 Å². The summed E-state index contributed by atoms with van der Waals surface area (Å²) in [5, 5.41) is 21.5. The number of carboxylic acids is 1. The number of carbonyl (C=O) groups is 1. The molecule has 1 rings (SSSR count). The predicted molar refractivity (Wildman–Crippen MR) is 72.1 cm³/mol. The fourth-order valence-electron chi connectivity index (χ4n) is 1.50. The molecular formula is C12H16BrNO4. The molecule has 1 atom stereocenters. The Morgan fingerprint density at radius 1 is 1.56 bits per heavy atom. The number of nitrogens with one attached hydrogen (secondary N) is 1. The summed E-state index contributed by atoms with van der Waals surface area (Å²) >= 11 is 3.29. The number of aliphatic hydroxyl groups is 1. The molecule has 0 spiro atoms. The number of halogens is 1. The van der Waals surface area contributed by atoms with Crippen LogP contribution in [0.3, 0.4) is 0 Å². The minimum absolute atomic E-state index is 0.208. The summed E-state index contributed by atoms with van der Waals surface area (Å²) in [5.74, 6) is -0.984. The van der Waals surface area contributed by atoms with E-state index in [1.165, 1.54) is 13.2 Å². The molecule has 0 amide bonds. The maximum Gasteiger partial charge on any atom is 0.337 e. The molecule has 18 heavy (non-hydrogen) atoms. The van der Waals surface area contributed by atoms with Crippen LogP contribution in [-0.2, 0) is 4.74 Å². The Balaban J connectivity index is 2.60. The van der Waals surface area contributed by atoms with Crippen molar-refractivity contribution in [3.8, 4) is 0 Å². The standard InChI is InChI=1S/C12H16BrNO4/c1-18-7-9(15)4-5-14-11-6-8(13)2-3-10(11)12(16)17/h2-3,6,9,14-15H,4-5,7H2,1H3,(H,16,17). The van der Waals surface area contributed by atoms with Gasteiger partial charge in [0.2, 0.25) is 0 Å². The molecule has 0 aliphatic carbocycles. The number of aromatic carboxylic acids is 1. The SMILES string of the molecule is COCC(O)CCNc1cc(Br)ccc1C(=O)O. The maximum atomic E-state index is 11.0. The third-order valence-electron chi connectivity index (χ3n) is 2.36. The van der Waals surface area contributed by atoms with E-state index in [9.17, 15) is 9.90 Å². The fraction of sp³-hybridized carbons (Fsp3) is 0.417. The van der Waals surface area contributed by atoms with E-state index in [2.05, 4.69) is 21.2 Å². The Morgan fingerprint density at radius 2 is 2.28 bits per heavy atom. The quantitative estimate of drug-likeness (QED) is 0.716. The van der Waals surface area contributed by atoms with Crippen LogP contribution in [0.5, 0.6) is 0 Å². The first-order valence-corrected chi connectivity index (χ1v) is 6.27. The normalized spacial score (nSPS) is 12.2. The summed E-state index contributed by atoms with van der Waals surface area (Å²) in [7, 11) is 1.52. The van der Waals surface area contributed by atoms with Crippen molar-refractivity contribution in [1.29, 1.82) is 0 Å². The van der Waals surface area contributed by atoms with E-state index in [1.807, 2.05) is 0 Å². The van der Waals surface area contributed by atoms with Gasteiger partial charge in [0, 0.05) is 23.8 Å². The summed E-state index contributed by atoms with van der Waals surface area (Å²) in [5.41, 5.74) is 0.737. The molecule has 1 aromatic carbocycles. The zero-order valence-electron chi connectivity index (χ0n) is 10.0. The molecule has 0 bridgehead atoms. The van der Waals surface area contributed by atoms with E-state index >= 15 is 0 Å². The predicted octanol–water partition coefficient (Wildman–Crippen LogP) is 1.96. The number of anilines is 1. The minimum Gasteiger partial charge on any atom is -0.478 e. The lowest BCUT2D eigenvalue weighted by molar-refractivity contribution is 0.0615. The maximum absolute atomic E-state index is 11.0. The van der Waals surface area contributed by atoms with Crippen molar-refractivity contribution in [2.45, 2.75) is 12.5 Å². The molecular weight excluding hydrogens is 302 g/mol. The molecule has 0 aliphatic rings. The number of hydrogen-bond acceptors (Lipinski definition) is 4. The van der Waals surface area contributed by atoms with E-state index in [1.54, 1.807) is 12.1 Å². The van der Waals surface area contributed by atoms with Crippen LogP contribution in [0.25, 0.3) is 0 Å². The van der Waals surface area contributed by atoms with E-state index in [0.717, 1.165) is 4.47 Å². The third kappa shape index (κ3) is 4.64. The van der Waals surface area contributed by atoms with Crippen molar-refractivity contribution in [3.05, 3.63) is 28.2 Å². The molecule has 0 fully saturated rings. The average molecular weight is 318 g/mol. The van der Waals surface area contributed by atoms with Crippen LogP contribution in [0.2, 0.25) is 0 Å². The summed E-state index contributed by atoms with van der Waals surface area (Å²) in [6.45, 7) is 0.743. The molecule has 0 radical (unpaired) electrons. The second-order valence-corrected chi connectivity index (χ2v) is 4.74. The molecule has 1 unspecified atom stereocenters. The number of benzene rings is 1. The summed E-state index contributed by atoms with van der Waals surface area (Å²) in [6, 6.07) is 4.90. The number of hydrogen-bond donors (Lipinski definition) is 3. The zero-order chi connectivity index (χ0) is 13.5. The lowest BCUT2D eigenvalue weighted by Crippen LogP contribution is -2.19. The molecule has 0 saturated heterocycles. The van der Waals surface area contributed by atoms with E-state index in [-0.39, 0.29) is 12.2 Å². The van der Waals surface area contributed by atoms with Gasteiger partial charge in [0.25, 0.3) is 0 Å². The van der Waals surface area contributed by atoms with Gasteiger partial charge in [-0.05, 0) is 24.6 Å². The Bertz CT molecular complexity index is 411. The smallest absolute Gasteiger partial charge is 0.337 e. The second kappa shape index (κ2) is 7.35. The lowest BCUT2D eigenvalue weighted by Gasteiger charge is -2.12. The van der Waals surface area contributed by atoms with E-state index in [4.69, 9.17) is 9.84 Å². The molecule has 0 aromatic heterocycles. The highest BCUT2D eigenvalue weighted by molar-refractivity contribution is 9.10. The highest BCUT2D eigenvalue weighted by Gasteiger charge is 2.10. The van der Waals surface area contributed by atoms with Gasteiger partial charge in [-0.1, -0.05) is 15.9 Å². The van der Waals surface area contributed by atoms with Gasteiger partial charge < -0.3 is 20.3 Å². The first-order chi connectivity index (χ1) is 8.54. The topological polar surface area (TPSA) is 78.8 Å². The van der Waals surface area contributed by atoms with Gasteiger partial charge in [0.05, 0.1) is 18.3 Å². The van der Waals surface area contributed by atoms with Crippen LogP contribution >= 0.6 is 15.9 Å². The van der Waals surface area contributed by atoms with Crippen molar-refractivity contribution < 1.29 is 19.7 Å². The third-order valence-corrected chi connectivity index (χ3v) is 2.86. The first-order valence-electron chi connectivity index (χ1n) is 5.48. The lowest BCUT2D eigenvalue weighted by atomic mass is 10.1. The van der Waals surface area contributed by atoms with Crippen LogP contribution < -0.4 is 5.32 Å². The number of ether oxygens (including phenoxy) is 1. The van der Waals surface area contributed by atoms with Crippen LogP contribution in [0.4, 0.5) is 5.69 Å². The molecule has 3 N–H and O–H groups in total. The number of carboxylic acid groups (broad SMARTS) is 1. The number of rotatable bonds is 7. The van der Waals surface area contributed by atoms with E-state index in [0.29, 0.717) is 18.7 Å². The minimum atomic E-state index is -0.984. The van der Waals surface area contributed by atoms with Gasteiger partial charge in [-0.3, -0.25) is 0 Å². The van der Waals surface area contributed by atoms with Gasteiger partial charge in [-0.25, -0.2) is 4.79 Å². The summed E-state index contributed by atoms with van der Waals surface area (Å²) in [4.78, 5) is 11.0. The number of aliphatic hydroxyl groups excluding tert-OH is 1.